The van der Waals surface area contributed by atoms with Crippen molar-refractivity contribution < 1.29 is 19.2 Å². The lowest BCUT2D eigenvalue weighted by atomic mass is 10.3. The molecule has 0 aliphatic rings. The van der Waals surface area contributed by atoms with Crippen molar-refractivity contribution in [1.29, 1.82) is 0 Å². The second-order valence-corrected chi connectivity index (χ2v) is 4.60. The Morgan fingerprint density at radius 1 is 1.53 bits per heavy atom. The van der Waals surface area contributed by atoms with Crippen LogP contribution in [0.15, 0.2) is 10.5 Å². The molecule has 0 aliphatic heterocycles. The Labute approximate surface area is 120 Å². The Kier molecular flexibility index (Phi) is 6.51. The average Bonchev–Trinajstić information content (AvgIpc) is 2.84. The molecule has 8 heteroatoms. The standard InChI is InChI=1S/C11H14N2O4S2/c1-3-17-11(15)10(13-16-2)8-6-19-9(12-8)4-7(14)5-18/h6,18H,3-5H2,1-2H3/b13-10+. The van der Waals surface area contributed by atoms with Gasteiger partial charge in [-0.05, 0) is 6.92 Å². The number of oxime groups is 1. The van der Waals surface area contributed by atoms with E-state index >= 15 is 0 Å². The molecule has 0 fully saturated rings. The first kappa shape index (κ1) is 15.6. The van der Waals surface area contributed by atoms with E-state index in [1.165, 1.54) is 18.4 Å². The van der Waals surface area contributed by atoms with Gasteiger partial charge in [0.15, 0.2) is 0 Å². The lowest BCUT2D eigenvalue weighted by Crippen LogP contribution is -2.19. The van der Waals surface area contributed by atoms with E-state index in [1.54, 1.807) is 12.3 Å². The van der Waals surface area contributed by atoms with Gasteiger partial charge < -0.3 is 9.57 Å². The third-order valence-electron chi connectivity index (χ3n) is 1.97. The predicted octanol–water partition coefficient (Wildman–Crippen LogP) is 1.10. The normalized spacial score (nSPS) is 11.2. The second-order valence-electron chi connectivity index (χ2n) is 3.34. The van der Waals surface area contributed by atoms with Crippen LogP contribution in [0.3, 0.4) is 0 Å². The van der Waals surface area contributed by atoms with E-state index in [2.05, 4.69) is 27.6 Å². The highest BCUT2D eigenvalue weighted by molar-refractivity contribution is 7.81. The molecule has 19 heavy (non-hydrogen) atoms. The molecule has 0 radical (unpaired) electrons. The molecular formula is C11H14N2O4S2. The highest BCUT2D eigenvalue weighted by Gasteiger charge is 2.20. The zero-order valence-corrected chi connectivity index (χ0v) is 12.3. The molecule has 0 amide bonds. The maximum atomic E-state index is 11.7. The predicted molar refractivity (Wildman–Crippen MR) is 74.9 cm³/mol. The summed E-state index contributed by atoms with van der Waals surface area (Å²) in [5.41, 5.74) is 0.331. The van der Waals surface area contributed by atoms with Crippen molar-refractivity contribution in [2.75, 3.05) is 19.5 Å². The van der Waals surface area contributed by atoms with Gasteiger partial charge in [-0.3, -0.25) is 4.79 Å². The largest absolute Gasteiger partial charge is 0.461 e. The van der Waals surface area contributed by atoms with Gasteiger partial charge in [-0.15, -0.1) is 11.3 Å². The highest BCUT2D eigenvalue weighted by atomic mass is 32.1. The van der Waals surface area contributed by atoms with E-state index in [0.29, 0.717) is 10.7 Å². The number of thiol groups is 1. The van der Waals surface area contributed by atoms with Gasteiger partial charge in [0.1, 0.15) is 23.6 Å². The van der Waals surface area contributed by atoms with Gasteiger partial charge in [-0.1, -0.05) is 5.16 Å². The minimum atomic E-state index is -0.610. The van der Waals surface area contributed by atoms with E-state index in [4.69, 9.17) is 4.74 Å². The highest BCUT2D eigenvalue weighted by Crippen LogP contribution is 2.13. The van der Waals surface area contributed by atoms with Crippen LogP contribution in [-0.2, 0) is 25.6 Å². The van der Waals surface area contributed by atoms with E-state index in [1.807, 2.05) is 0 Å². The van der Waals surface area contributed by atoms with Crippen LogP contribution in [0.2, 0.25) is 0 Å². The maximum absolute atomic E-state index is 11.7. The van der Waals surface area contributed by atoms with Gasteiger partial charge in [-0.2, -0.15) is 12.6 Å². The summed E-state index contributed by atoms with van der Waals surface area (Å²) >= 11 is 5.17. The van der Waals surface area contributed by atoms with E-state index in [0.717, 1.165) is 0 Å². The lowest BCUT2D eigenvalue weighted by Gasteiger charge is -2.02. The molecule has 0 aromatic carbocycles. The molecular weight excluding hydrogens is 288 g/mol. The summed E-state index contributed by atoms with van der Waals surface area (Å²) in [5.74, 6) is -0.487. The zero-order valence-electron chi connectivity index (χ0n) is 10.6. The van der Waals surface area contributed by atoms with Gasteiger partial charge >= 0.3 is 5.97 Å². The van der Waals surface area contributed by atoms with E-state index in [9.17, 15) is 9.59 Å². The van der Waals surface area contributed by atoms with Crippen LogP contribution in [0, 0.1) is 0 Å². The quantitative estimate of drug-likeness (QED) is 0.353. The Morgan fingerprint density at radius 3 is 2.84 bits per heavy atom. The van der Waals surface area contributed by atoms with Crippen LogP contribution in [0.4, 0.5) is 0 Å². The molecule has 1 rings (SSSR count). The number of thiazole rings is 1. The Hall–Kier alpha value is -1.41. The molecule has 0 bridgehead atoms. The summed E-state index contributed by atoms with van der Waals surface area (Å²) in [4.78, 5) is 31.7. The minimum absolute atomic E-state index is 0.00910. The van der Waals surface area contributed by atoms with E-state index in [-0.39, 0.29) is 30.3 Å². The van der Waals surface area contributed by atoms with Crippen LogP contribution >= 0.6 is 24.0 Å². The molecule has 0 spiro atoms. The van der Waals surface area contributed by atoms with Crippen LogP contribution < -0.4 is 0 Å². The van der Waals surface area contributed by atoms with Crippen molar-refractivity contribution in [2.45, 2.75) is 13.3 Å². The molecule has 0 aliphatic carbocycles. The van der Waals surface area contributed by atoms with Crippen LogP contribution in [0.5, 0.6) is 0 Å². The number of hydrogen-bond acceptors (Lipinski definition) is 8. The molecule has 1 heterocycles. The molecule has 0 unspecified atom stereocenters. The van der Waals surface area contributed by atoms with Gasteiger partial charge in [-0.25, -0.2) is 9.78 Å². The zero-order chi connectivity index (χ0) is 14.3. The SMILES string of the molecule is CCOC(=O)/C(=N/OC)c1csc(CC(=O)CS)n1. The first-order valence-corrected chi connectivity index (χ1v) is 6.99. The van der Waals surface area contributed by atoms with Crippen LogP contribution in [0.1, 0.15) is 17.6 Å². The number of hydrogen-bond donors (Lipinski definition) is 1. The molecule has 1 aromatic heterocycles. The second kappa shape index (κ2) is 7.90. The number of Topliss-reactive ketones (excluding diaryl/α,β-unsaturated/α-hetero) is 1. The van der Waals surface area contributed by atoms with Crippen molar-refractivity contribution in [3.8, 4) is 0 Å². The number of esters is 1. The number of nitrogens with zero attached hydrogens (tertiary/aromatic N) is 2. The fourth-order valence-electron chi connectivity index (χ4n) is 1.20. The van der Waals surface area contributed by atoms with Gasteiger partial charge in [0.25, 0.3) is 0 Å². The first-order valence-electron chi connectivity index (χ1n) is 5.48. The van der Waals surface area contributed by atoms with Crippen LogP contribution in [-0.4, -0.2) is 41.9 Å². The molecule has 0 atom stereocenters. The summed E-state index contributed by atoms with van der Waals surface area (Å²) < 4.78 is 4.86. The molecule has 0 N–H and O–H groups in total. The Balaban J connectivity index is 2.90. The summed E-state index contributed by atoms with van der Waals surface area (Å²) in [6.07, 6.45) is 0.192. The summed E-state index contributed by atoms with van der Waals surface area (Å²) in [7, 11) is 1.33. The monoisotopic (exact) mass is 302 g/mol. The summed E-state index contributed by atoms with van der Waals surface area (Å²) in [6.45, 7) is 1.93. The van der Waals surface area contributed by atoms with E-state index < -0.39 is 5.97 Å². The third kappa shape index (κ3) is 4.64. The fraction of sp³-hybridized carbons (Fsp3) is 0.455. The molecule has 104 valence electrons. The van der Waals surface area contributed by atoms with Gasteiger partial charge in [0.05, 0.1) is 13.0 Å². The van der Waals surface area contributed by atoms with Crippen molar-refractivity contribution in [3.05, 3.63) is 16.1 Å². The number of ether oxygens (including phenoxy) is 1. The number of rotatable bonds is 7. The fourth-order valence-corrected chi connectivity index (χ4v) is 2.12. The number of carbonyl (C=O) groups excluding carboxylic acids is 2. The maximum Gasteiger partial charge on any atom is 0.362 e. The van der Waals surface area contributed by atoms with Crippen molar-refractivity contribution in [3.63, 3.8) is 0 Å². The van der Waals surface area contributed by atoms with Crippen LogP contribution in [0.25, 0.3) is 0 Å². The molecule has 6 nitrogen and oxygen atoms in total. The smallest absolute Gasteiger partial charge is 0.362 e. The molecule has 0 saturated heterocycles. The van der Waals surface area contributed by atoms with Crippen molar-refractivity contribution in [2.24, 2.45) is 5.16 Å². The lowest BCUT2D eigenvalue weighted by molar-refractivity contribution is -0.135. The third-order valence-corrected chi connectivity index (χ3v) is 3.17. The van der Waals surface area contributed by atoms with Gasteiger partial charge in [0, 0.05) is 11.1 Å². The Morgan fingerprint density at radius 2 is 2.26 bits per heavy atom. The van der Waals surface area contributed by atoms with Crippen molar-refractivity contribution in [1.82, 2.24) is 4.98 Å². The minimum Gasteiger partial charge on any atom is -0.461 e. The van der Waals surface area contributed by atoms with Crippen molar-refractivity contribution >= 4 is 41.4 Å². The number of aromatic nitrogens is 1. The Bertz CT molecular complexity index is 485. The number of carbonyl (C=O) groups is 2. The van der Waals surface area contributed by atoms with Gasteiger partial charge in [0.2, 0.25) is 5.71 Å². The summed E-state index contributed by atoms with van der Waals surface area (Å²) in [6, 6.07) is 0. The first-order chi connectivity index (χ1) is 9.12. The molecule has 1 aromatic rings. The molecule has 0 saturated carbocycles. The summed E-state index contributed by atoms with van der Waals surface area (Å²) in [5, 5.41) is 5.85. The average molecular weight is 302 g/mol. The number of ketones is 1. The topological polar surface area (TPSA) is 77.9 Å².